The maximum Gasteiger partial charge on any atom is 0.282 e. The summed E-state index contributed by atoms with van der Waals surface area (Å²) in [7, 11) is -2.40. The molecule has 0 spiro atoms. The van der Waals surface area contributed by atoms with Crippen molar-refractivity contribution in [2.75, 3.05) is 25.5 Å². The minimum Gasteiger partial charge on any atom is -0.322 e. The highest BCUT2D eigenvalue weighted by Gasteiger charge is 2.33. The molecule has 1 aliphatic rings. The molecule has 1 saturated carbocycles. The van der Waals surface area contributed by atoms with Crippen molar-refractivity contribution < 1.29 is 26.4 Å². The lowest BCUT2D eigenvalue weighted by molar-refractivity contribution is -0.116. The van der Waals surface area contributed by atoms with E-state index in [1.807, 2.05) is 0 Å². The number of nitrogens with one attached hydrogen (secondary N) is 1. The second-order valence-corrected chi connectivity index (χ2v) is 8.91. The fourth-order valence-electron chi connectivity index (χ4n) is 3.31. The van der Waals surface area contributed by atoms with E-state index < -0.39 is 45.8 Å². The fourth-order valence-corrected chi connectivity index (χ4v) is 4.96. The number of halogens is 3. The van der Waals surface area contributed by atoms with Crippen molar-refractivity contribution in [3.63, 3.8) is 0 Å². The summed E-state index contributed by atoms with van der Waals surface area (Å²) in [5, 5.41) is 2.11. The van der Waals surface area contributed by atoms with Gasteiger partial charge in [-0.2, -0.15) is 17.0 Å². The molecular weight excluding hydrogens is 395 g/mol. The van der Waals surface area contributed by atoms with Gasteiger partial charge in [-0.05, 0) is 31.4 Å². The predicted octanol–water partition coefficient (Wildman–Crippen LogP) is 3.26. The first kappa shape index (κ1) is 22.6. The molecule has 0 bridgehead atoms. The van der Waals surface area contributed by atoms with Gasteiger partial charge in [0.1, 0.15) is 0 Å². The second-order valence-electron chi connectivity index (χ2n) is 6.92. The van der Waals surface area contributed by atoms with Crippen molar-refractivity contribution >= 4 is 21.8 Å². The average Bonchev–Trinajstić information content (AvgIpc) is 2.68. The summed E-state index contributed by atoms with van der Waals surface area (Å²) in [6.07, 6.45) is 4.99. The van der Waals surface area contributed by atoms with E-state index in [9.17, 15) is 26.4 Å². The number of carbonyl (C=O) groups excluding carboxylic acids is 1. The molecule has 28 heavy (non-hydrogen) atoms. The molecule has 1 aromatic carbocycles. The van der Waals surface area contributed by atoms with E-state index in [1.165, 1.54) is 11.4 Å². The van der Waals surface area contributed by atoms with Crippen LogP contribution in [-0.2, 0) is 15.0 Å². The van der Waals surface area contributed by atoms with E-state index in [4.69, 9.17) is 0 Å². The van der Waals surface area contributed by atoms with Crippen LogP contribution in [0.2, 0.25) is 0 Å². The van der Waals surface area contributed by atoms with Gasteiger partial charge in [-0.25, -0.2) is 13.2 Å². The van der Waals surface area contributed by atoms with Gasteiger partial charge in [0.05, 0.1) is 12.2 Å². The van der Waals surface area contributed by atoms with Crippen molar-refractivity contribution in [1.82, 2.24) is 8.61 Å². The van der Waals surface area contributed by atoms with Crippen LogP contribution in [-0.4, -0.2) is 49.1 Å². The summed E-state index contributed by atoms with van der Waals surface area (Å²) in [5.41, 5.74) is -0.543. The Morgan fingerprint density at radius 3 is 2.39 bits per heavy atom. The van der Waals surface area contributed by atoms with Crippen molar-refractivity contribution in [2.24, 2.45) is 0 Å². The van der Waals surface area contributed by atoms with Crippen LogP contribution in [0.15, 0.2) is 12.1 Å². The van der Waals surface area contributed by atoms with E-state index in [2.05, 4.69) is 5.32 Å². The molecule has 1 aromatic rings. The van der Waals surface area contributed by atoms with Crippen molar-refractivity contribution in [3.05, 3.63) is 29.6 Å². The van der Waals surface area contributed by atoms with Crippen molar-refractivity contribution in [3.8, 4) is 0 Å². The summed E-state index contributed by atoms with van der Waals surface area (Å²) < 4.78 is 68.3. The lowest BCUT2D eigenvalue weighted by Gasteiger charge is -2.34. The van der Waals surface area contributed by atoms with Crippen LogP contribution in [0.4, 0.5) is 18.9 Å². The molecule has 158 valence electrons. The van der Waals surface area contributed by atoms with Crippen LogP contribution in [0.5, 0.6) is 0 Å². The Morgan fingerprint density at radius 1 is 1.14 bits per heavy atom. The lowest BCUT2D eigenvalue weighted by Crippen LogP contribution is -2.49. The van der Waals surface area contributed by atoms with E-state index in [0.29, 0.717) is 12.5 Å². The number of rotatable bonds is 8. The third-order valence-electron chi connectivity index (χ3n) is 4.88. The minimum atomic E-state index is -3.90. The smallest absolute Gasteiger partial charge is 0.282 e. The van der Waals surface area contributed by atoms with Gasteiger partial charge in [0.15, 0.2) is 17.5 Å². The molecule has 2 rings (SSSR count). The summed E-state index contributed by atoms with van der Waals surface area (Å²) >= 11 is 0. The van der Waals surface area contributed by atoms with E-state index in [-0.39, 0.29) is 12.6 Å². The van der Waals surface area contributed by atoms with Crippen LogP contribution >= 0.6 is 0 Å². The molecule has 6 nitrogen and oxygen atoms in total. The van der Waals surface area contributed by atoms with Crippen molar-refractivity contribution in [2.45, 2.75) is 51.5 Å². The Kier molecular flexibility index (Phi) is 7.85. The van der Waals surface area contributed by atoms with Crippen LogP contribution in [0.25, 0.3) is 0 Å². The normalized spacial score (nSPS) is 16.0. The predicted molar refractivity (Wildman–Crippen MR) is 100 cm³/mol. The number of nitrogens with zero attached hydrogens (tertiary/aromatic N) is 2. The Bertz CT molecular complexity index is 799. The number of hydrogen-bond acceptors (Lipinski definition) is 3. The third kappa shape index (κ3) is 5.24. The van der Waals surface area contributed by atoms with Gasteiger partial charge in [0.25, 0.3) is 10.2 Å². The number of hydrogen-bond donors (Lipinski definition) is 1. The first-order valence-corrected chi connectivity index (χ1v) is 10.7. The summed E-state index contributed by atoms with van der Waals surface area (Å²) in [6, 6.07) is 1.45. The number of anilines is 1. The highest BCUT2D eigenvalue weighted by molar-refractivity contribution is 7.86. The minimum absolute atomic E-state index is 0.104. The van der Waals surface area contributed by atoms with Crippen LogP contribution in [0, 0.1) is 17.5 Å². The quantitative estimate of drug-likeness (QED) is 0.655. The molecule has 1 aliphatic carbocycles. The molecule has 0 radical (unpaired) electrons. The molecular formula is C18H26F3N3O3S. The SMILES string of the molecule is CCCN(CC(=O)Nc1ccc(F)c(F)c1F)S(=O)(=O)N(C)C1CCCCC1. The number of benzene rings is 1. The van der Waals surface area contributed by atoms with Gasteiger partial charge in [0.2, 0.25) is 5.91 Å². The van der Waals surface area contributed by atoms with E-state index >= 15 is 0 Å². The summed E-state index contributed by atoms with van der Waals surface area (Å²) in [4.78, 5) is 12.3. The van der Waals surface area contributed by atoms with Gasteiger partial charge in [-0.1, -0.05) is 26.2 Å². The Morgan fingerprint density at radius 2 is 1.79 bits per heavy atom. The molecule has 1 fully saturated rings. The molecule has 1 N–H and O–H groups in total. The van der Waals surface area contributed by atoms with Gasteiger partial charge in [0, 0.05) is 19.6 Å². The number of carbonyl (C=O) groups is 1. The Balaban J connectivity index is 2.12. The van der Waals surface area contributed by atoms with Crippen LogP contribution in [0.3, 0.4) is 0 Å². The zero-order chi connectivity index (χ0) is 20.9. The zero-order valence-corrected chi connectivity index (χ0v) is 16.9. The molecule has 0 unspecified atom stereocenters. The van der Waals surface area contributed by atoms with E-state index in [0.717, 1.165) is 42.5 Å². The summed E-state index contributed by atoms with van der Waals surface area (Å²) in [6.45, 7) is 1.33. The van der Waals surface area contributed by atoms with Gasteiger partial charge >= 0.3 is 0 Å². The Labute approximate surface area is 163 Å². The van der Waals surface area contributed by atoms with E-state index in [1.54, 1.807) is 6.92 Å². The largest absolute Gasteiger partial charge is 0.322 e. The van der Waals surface area contributed by atoms with Crippen LogP contribution in [0.1, 0.15) is 45.4 Å². The highest BCUT2D eigenvalue weighted by Crippen LogP contribution is 2.25. The second kappa shape index (κ2) is 9.71. The molecule has 0 aliphatic heterocycles. The van der Waals surface area contributed by atoms with Crippen molar-refractivity contribution in [1.29, 1.82) is 0 Å². The van der Waals surface area contributed by atoms with Gasteiger partial charge in [-0.3, -0.25) is 4.79 Å². The maximum absolute atomic E-state index is 13.7. The monoisotopic (exact) mass is 421 g/mol. The first-order chi connectivity index (χ1) is 13.2. The zero-order valence-electron chi connectivity index (χ0n) is 16.1. The average molecular weight is 421 g/mol. The van der Waals surface area contributed by atoms with Gasteiger partial charge in [-0.15, -0.1) is 0 Å². The highest BCUT2D eigenvalue weighted by atomic mass is 32.2. The topological polar surface area (TPSA) is 69.7 Å². The Hall–Kier alpha value is -1.65. The molecule has 1 amide bonds. The molecule has 0 saturated heterocycles. The number of amides is 1. The standard InChI is InChI=1S/C18H26F3N3O3S/c1-3-11-24(28(26,27)23(2)13-7-5-4-6-8-13)12-16(25)22-15-10-9-14(19)17(20)18(15)21/h9-10,13H,3-8,11-12H2,1-2H3,(H,22,25). The third-order valence-corrected chi connectivity index (χ3v) is 6.87. The van der Waals surface area contributed by atoms with Gasteiger partial charge < -0.3 is 5.32 Å². The molecule has 10 heteroatoms. The molecule has 0 atom stereocenters. The first-order valence-electron chi connectivity index (χ1n) is 9.35. The summed E-state index contributed by atoms with van der Waals surface area (Å²) in [5.74, 6) is -5.44. The molecule has 0 aromatic heterocycles. The molecule has 0 heterocycles. The van der Waals surface area contributed by atoms with Crippen LogP contribution < -0.4 is 5.32 Å². The maximum atomic E-state index is 13.7. The fraction of sp³-hybridized carbons (Fsp3) is 0.611. The lowest BCUT2D eigenvalue weighted by atomic mass is 9.96.